The normalized spacial score (nSPS) is 13.9. The first-order valence-electron chi connectivity index (χ1n) is 4.07. The number of likely N-dealkylation sites (N-methyl/N-ethyl adjacent to an activating group) is 1. The highest BCUT2D eigenvalue weighted by molar-refractivity contribution is 7.99. The van der Waals surface area contributed by atoms with Crippen LogP contribution in [0.5, 0.6) is 0 Å². The summed E-state index contributed by atoms with van der Waals surface area (Å²) >= 11 is 1.83. The average Bonchev–Trinajstić information content (AvgIpc) is 1.86. The van der Waals surface area contributed by atoms with Crippen molar-refractivity contribution < 1.29 is 5.11 Å². The van der Waals surface area contributed by atoms with E-state index in [1.54, 1.807) is 0 Å². The zero-order valence-corrected chi connectivity index (χ0v) is 8.52. The predicted octanol–water partition coefficient (Wildman–Crippen LogP) is 1.05. The van der Waals surface area contributed by atoms with Gasteiger partial charge in [0.1, 0.15) is 0 Å². The van der Waals surface area contributed by atoms with Gasteiger partial charge in [0.25, 0.3) is 0 Å². The Morgan fingerprint density at radius 2 is 2.09 bits per heavy atom. The van der Waals surface area contributed by atoms with Crippen molar-refractivity contribution in [3.8, 4) is 0 Å². The molecule has 1 atom stereocenters. The van der Waals surface area contributed by atoms with Crippen molar-refractivity contribution in [3.63, 3.8) is 0 Å². The summed E-state index contributed by atoms with van der Waals surface area (Å²) in [6.45, 7) is 2.93. The molecule has 3 heteroatoms. The number of hydrogen-bond acceptors (Lipinski definition) is 3. The zero-order chi connectivity index (χ0) is 8.69. The Kier molecular flexibility index (Phi) is 7.12. The lowest BCUT2D eigenvalue weighted by Gasteiger charge is -2.14. The molecule has 0 radical (unpaired) electrons. The van der Waals surface area contributed by atoms with Gasteiger partial charge < -0.3 is 10.0 Å². The molecule has 0 aliphatic carbocycles. The van der Waals surface area contributed by atoms with Crippen LogP contribution in [0.3, 0.4) is 0 Å². The molecule has 68 valence electrons. The van der Waals surface area contributed by atoms with Gasteiger partial charge in [-0.3, -0.25) is 0 Å². The Balaban J connectivity index is 3.15. The second kappa shape index (κ2) is 6.95. The highest BCUT2D eigenvalue weighted by atomic mass is 32.2. The summed E-state index contributed by atoms with van der Waals surface area (Å²) < 4.78 is 0. The molecule has 0 rings (SSSR count). The third kappa shape index (κ3) is 8.17. The van der Waals surface area contributed by atoms with Crippen LogP contribution in [0.4, 0.5) is 0 Å². The quantitative estimate of drug-likeness (QED) is 0.614. The van der Waals surface area contributed by atoms with Crippen molar-refractivity contribution in [1.29, 1.82) is 0 Å². The molecular weight excluding hydrogens is 158 g/mol. The average molecular weight is 177 g/mol. The van der Waals surface area contributed by atoms with Crippen molar-refractivity contribution in [2.45, 2.75) is 19.4 Å². The van der Waals surface area contributed by atoms with Crippen molar-refractivity contribution in [2.75, 3.05) is 32.1 Å². The van der Waals surface area contributed by atoms with E-state index in [1.807, 2.05) is 30.8 Å². The molecule has 0 aromatic rings. The van der Waals surface area contributed by atoms with Gasteiger partial charge in [-0.05, 0) is 26.3 Å². The summed E-state index contributed by atoms with van der Waals surface area (Å²) in [5.74, 6) is 2.02. The lowest BCUT2D eigenvalue weighted by atomic mass is 10.4. The van der Waals surface area contributed by atoms with Crippen molar-refractivity contribution in [2.24, 2.45) is 0 Å². The maximum absolute atomic E-state index is 9.38. The number of thioether (sulfide) groups is 1. The third-order valence-corrected chi connectivity index (χ3v) is 2.55. The van der Waals surface area contributed by atoms with Gasteiger partial charge in [-0.15, -0.1) is 0 Å². The first-order valence-corrected chi connectivity index (χ1v) is 5.22. The Morgan fingerprint density at radius 3 is 2.55 bits per heavy atom. The minimum absolute atomic E-state index is 0.165. The molecule has 1 N–H and O–H groups in total. The van der Waals surface area contributed by atoms with Gasteiger partial charge in [0, 0.05) is 12.3 Å². The topological polar surface area (TPSA) is 23.5 Å². The zero-order valence-electron chi connectivity index (χ0n) is 7.71. The summed E-state index contributed by atoms with van der Waals surface area (Å²) in [7, 11) is 3.96. The first kappa shape index (κ1) is 11.3. The van der Waals surface area contributed by atoms with Gasteiger partial charge in [-0.25, -0.2) is 0 Å². The standard InChI is InChI=1S/C8H19NOS/c1-4-5-11-7-8(10)6-9(2)3/h8,10H,4-7H2,1-3H3. The Labute approximate surface area is 74.0 Å². The highest BCUT2D eigenvalue weighted by Crippen LogP contribution is 2.04. The fourth-order valence-corrected chi connectivity index (χ4v) is 1.67. The molecule has 0 aliphatic heterocycles. The minimum atomic E-state index is -0.165. The van der Waals surface area contributed by atoms with Gasteiger partial charge in [-0.2, -0.15) is 11.8 Å². The number of aliphatic hydroxyl groups is 1. The second-order valence-corrected chi connectivity index (χ2v) is 4.14. The molecule has 0 aliphatic rings. The van der Waals surface area contributed by atoms with Crippen LogP contribution in [0.1, 0.15) is 13.3 Å². The van der Waals surface area contributed by atoms with Gasteiger partial charge in [0.2, 0.25) is 0 Å². The minimum Gasteiger partial charge on any atom is -0.391 e. The fraction of sp³-hybridized carbons (Fsp3) is 1.00. The molecule has 0 aromatic heterocycles. The van der Waals surface area contributed by atoms with Crippen LogP contribution in [0.25, 0.3) is 0 Å². The molecule has 1 unspecified atom stereocenters. The van der Waals surface area contributed by atoms with E-state index in [-0.39, 0.29) is 6.10 Å². The van der Waals surface area contributed by atoms with Crippen LogP contribution in [-0.4, -0.2) is 48.3 Å². The third-order valence-electron chi connectivity index (χ3n) is 1.23. The number of hydrogen-bond donors (Lipinski definition) is 1. The van der Waals surface area contributed by atoms with E-state index in [2.05, 4.69) is 6.92 Å². The molecule has 0 saturated heterocycles. The van der Waals surface area contributed by atoms with E-state index >= 15 is 0 Å². The molecular formula is C8H19NOS. The number of aliphatic hydroxyl groups excluding tert-OH is 1. The van der Waals surface area contributed by atoms with E-state index in [0.29, 0.717) is 0 Å². The molecule has 0 amide bonds. The molecule has 11 heavy (non-hydrogen) atoms. The molecule has 0 spiro atoms. The largest absolute Gasteiger partial charge is 0.391 e. The van der Waals surface area contributed by atoms with Crippen LogP contribution in [0, 0.1) is 0 Å². The smallest absolute Gasteiger partial charge is 0.0757 e. The Hall–Kier alpha value is 0.270. The number of nitrogens with zero attached hydrogens (tertiary/aromatic N) is 1. The predicted molar refractivity (Wildman–Crippen MR) is 52.2 cm³/mol. The maximum atomic E-state index is 9.38. The lowest BCUT2D eigenvalue weighted by Crippen LogP contribution is -2.27. The van der Waals surface area contributed by atoms with Gasteiger partial charge in [0.05, 0.1) is 6.10 Å². The highest BCUT2D eigenvalue weighted by Gasteiger charge is 2.03. The fourth-order valence-electron chi connectivity index (χ4n) is 0.838. The summed E-state index contributed by atoms with van der Waals surface area (Å²) in [5, 5.41) is 9.38. The molecule has 0 bridgehead atoms. The molecule has 0 aromatic carbocycles. The van der Waals surface area contributed by atoms with Crippen molar-refractivity contribution in [1.82, 2.24) is 4.90 Å². The van der Waals surface area contributed by atoms with E-state index in [9.17, 15) is 5.11 Å². The monoisotopic (exact) mass is 177 g/mol. The van der Waals surface area contributed by atoms with Gasteiger partial charge >= 0.3 is 0 Å². The summed E-state index contributed by atoms with van der Waals surface area (Å²) in [6, 6.07) is 0. The van der Waals surface area contributed by atoms with Crippen LogP contribution >= 0.6 is 11.8 Å². The molecule has 2 nitrogen and oxygen atoms in total. The Morgan fingerprint density at radius 1 is 1.45 bits per heavy atom. The SMILES string of the molecule is CCCSCC(O)CN(C)C. The van der Waals surface area contributed by atoms with Crippen LogP contribution in [0.15, 0.2) is 0 Å². The van der Waals surface area contributed by atoms with E-state index in [4.69, 9.17) is 0 Å². The summed E-state index contributed by atoms with van der Waals surface area (Å²) in [6.07, 6.45) is 1.03. The van der Waals surface area contributed by atoms with Crippen molar-refractivity contribution in [3.05, 3.63) is 0 Å². The van der Waals surface area contributed by atoms with Crippen LogP contribution < -0.4 is 0 Å². The second-order valence-electron chi connectivity index (χ2n) is 2.99. The maximum Gasteiger partial charge on any atom is 0.0757 e. The van der Waals surface area contributed by atoms with Crippen molar-refractivity contribution >= 4 is 11.8 Å². The summed E-state index contributed by atoms with van der Waals surface area (Å²) in [5.41, 5.74) is 0. The Bertz CT molecular complexity index is 88.2. The molecule has 0 heterocycles. The number of rotatable bonds is 6. The van der Waals surface area contributed by atoms with Crippen LogP contribution in [0.2, 0.25) is 0 Å². The molecule has 0 saturated carbocycles. The van der Waals surface area contributed by atoms with E-state index in [1.165, 1.54) is 6.42 Å². The van der Waals surface area contributed by atoms with Gasteiger partial charge in [0.15, 0.2) is 0 Å². The van der Waals surface area contributed by atoms with E-state index in [0.717, 1.165) is 18.1 Å². The lowest BCUT2D eigenvalue weighted by molar-refractivity contribution is 0.158. The molecule has 0 fully saturated rings. The van der Waals surface area contributed by atoms with Crippen LogP contribution in [-0.2, 0) is 0 Å². The van der Waals surface area contributed by atoms with Gasteiger partial charge in [-0.1, -0.05) is 6.92 Å². The first-order chi connectivity index (χ1) is 5.16. The van der Waals surface area contributed by atoms with E-state index < -0.39 is 0 Å². The summed E-state index contributed by atoms with van der Waals surface area (Å²) in [4.78, 5) is 2.01.